The molecule has 3 heterocycles. The first-order valence-corrected chi connectivity index (χ1v) is 10.1. The highest BCUT2D eigenvalue weighted by Gasteiger charge is 2.21. The Morgan fingerprint density at radius 2 is 2.03 bits per heavy atom. The van der Waals surface area contributed by atoms with E-state index in [1.807, 2.05) is 37.4 Å². The van der Waals surface area contributed by atoms with E-state index in [-0.39, 0.29) is 12.1 Å². The predicted molar refractivity (Wildman–Crippen MR) is 117 cm³/mol. The lowest BCUT2D eigenvalue weighted by Crippen LogP contribution is -2.30. The van der Waals surface area contributed by atoms with Gasteiger partial charge in [0.2, 0.25) is 0 Å². The van der Waals surface area contributed by atoms with Gasteiger partial charge in [-0.05, 0) is 62.6 Å². The van der Waals surface area contributed by atoms with Crippen molar-refractivity contribution in [1.29, 1.82) is 0 Å². The summed E-state index contributed by atoms with van der Waals surface area (Å²) in [7, 11) is 0. The molecule has 1 unspecified atom stereocenters. The first kappa shape index (κ1) is 21.1. The fourth-order valence-electron chi connectivity index (χ4n) is 3.24. The first-order valence-electron chi connectivity index (χ1n) is 10.1. The van der Waals surface area contributed by atoms with Crippen molar-refractivity contribution >= 4 is 23.5 Å². The molecule has 2 aromatic heterocycles. The zero-order valence-corrected chi connectivity index (χ0v) is 17.6. The van der Waals surface area contributed by atoms with Crippen LogP contribution in [-0.4, -0.2) is 43.8 Å². The monoisotopic (exact) mass is 397 g/mol. The van der Waals surface area contributed by atoms with Gasteiger partial charge in [0.05, 0.1) is 12.7 Å². The molecule has 4 N–H and O–H groups in total. The van der Waals surface area contributed by atoms with Gasteiger partial charge in [0.1, 0.15) is 17.5 Å². The van der Waals surface area contributed by atoms with Gasteiger partial charge in [0.25, 0.3) is 0 Å². The zero-order chi connectivity index (χ0) is 21.0. The molecule has 156 valence electrons. The van der Waals surface area contributed by atoms with Crippen molar-refractivity contribution in [3.05, 3.63) is 47.3 Å². The fraction of sp³-hybridized carbons (Fsp3) is 0.455. The Morgan fingerprint density at radius 3 is 2.72 bits per heavy atom. The van der Waals surface area contributed by atoms with Crippen LogP contribution in [0.3, 0.4) is 0 Å². The van der Waals surface area contributed by atoms with Crippen molar-refractivity contribution in [3.63, 3.8) is 0 Å². The van der Waals surface area contributed by atoms with Crippen LogP contribution in [0.15, 0.2) is 30.6 Å². The van der Waals surface area contributed by atoms with Crippen LogP contribution in [0.2, 0.25) is 0 Å². The Bertz CT molecular complexity index is 876. The van der Waals surface area contributed by atoms with Crippen LogP contribution in [-0.2, 0) is 6.54 Å². The van der Waals surface area contributed by atoms with E-state index in [0.29, 0.717) is 31.1 Å². The number of rotatable bonds is 7. The molecule has 7 nitrogen and oxygen atoms in total. The molecule has 0 amide bonds. The smallest absolute Gasteiger partial charge is 0.134 e. The zero-order valence-electron chi connectivity index (χ0n) is 17.6. The number of fused-ring (bicyclic) bond motifs is 1. The Hall–Kier alpha value is -2.64. The average molecular weight is 398 g/mol. The minimum Gasteiger partial charge on any atom is -0.395 e. The van der Waals surface area contributed by atoms with Gasteiger partial charge in [-0.2, -0.15) is 0 Å². The van der Waals surface area contributed by atoms with Crippen molar-refractivity contribution in [2.24, 2.45) is 0 Å². The molecule has 0 saturated heterocycles. The van der Waals surface area contributed by atoms with Crippen LogP contribution in [0.5, 0.6) is 0 Å². The number of β-amino-alcohol motifs (C(OH)–C–C–N with tert-alkyl or cyclic N) is 1. The van der Waals surface area contributed by atoms with Gasteiger partial charge in [-0.25, -0.2) is 9.97 Å². The summed E-state index contributed by atoms with van der Waals surface area (Å²) in [6, 6.07) is 5.68. The standard InChI is InChI=1S/C22H31N5O2/c1-5-18(29)16-6-8-23-19(13-16)24-20-12-15-7-9-27(10-11-28)14-17(15)21(25-20)26-22(2,3)4/h6-9,12-13,18,28-29H,5,10-11,14H2,1-4H3,(H2,23,24,25,26). The third kappa shape index (κ3) is 5.46. The first-order chi connectivity index (χ1) is 13.8. The number of hydrogen-bond acceptors (Lipinski definition) is 7. The molecule has 1 aliphatic heterocycles. The van der Waals surface area contributed by atoms with Gasteiger partial charge in [-0.1, -0.05) is 6.92 Å². The number of nitrogens with one attached hydrogen (secondary N) is 2. The second kappa shape index (κ2) is 8.80. The lowest BCUT2D eigenvalue weighted by Gasteiger charge is -2.29. The third-order valence-electron chi connectivity index (χ3n) is 4.68. The summed E-state index contributed by atoms with van der Waals surface area (Å²) in [5.41, 5.74) is 2.86. The molecule has 2 aromatic rings. The maximum absolute atomic E-state index is 10.1. The summed E-state index contributed by atoms with van der Waals surface area (Å²) in [5, 5.41) is 26.2. The van der Waals surface area contributed by atoms with E-state index in [9.17, 15) is 10.2 Å². The molecule has 0 saturated carbocycles. The van der Waals surface area contributed by atoms with Crippen molar-refractivity contribution in [2.75, 3.05) is 23.8 Å². The van der Waals surface area contributed by atoms with Gasteiger partial charge < -0.3 is 25.7 Å². The number of anilines is 3. The van der Waals surface area contributed by atoms with E-state index >= 15 is 0 Å². The lowest BCUT2D eigenvalue weighted by molar-refractivity contribution is 0.173. The maximum Gasteiger partial charge on any atom is 0.134 e. The minimum absolute atomic E-state index is 0.112. The number of aromatic nitrogens is 2. The quantitative estimate of drug-likeness (QED) is 0.566. The van der Waals surface area contributed by atoms with Crippen molar-refractivity contribution in [3.8, 4) is 0 Å². The minimum atomic E-state index is -0.506. The summed E-state index contributed by atoms with van der Waals surface area (Å²) >= 11 is 0. The van der Waals surface area contributed by atoms with Crippen LogP contribution in [0.4, 0.5) is 17.5 Å². The van der Waals surface area contributed by atoms with Gasteiger partial charge in [0.15, 0.2) is 0 Å². The van der Waals surface area contributed by atoms with E-state index in [4.69, 9.17) is 4.98 Å². The van der Waals surface area contributed by atoms with Crippen LogP contribution in [0.25, 0.3) is 6.08 Å². The maximum atomic E-state index is 10.1. The van der Waals surface area contributed by atoms with E-state index in [1.165, 1.54) is 0 Å². The summed E-state index contributed by atoms with van der Waals surface area (Å²) in [6.45, 7) is 9.63. The Labute approximate surface area is 172 Å². The molecule has 29 heavy (non-hydrogen) atoms. The Morgan fingerprint density at radius 1 is 1.24 bits per heavy atom. The normalized spacial score (nSPS) is 14.5. The number of nitrogens with zero attached hydrogens (tertiary/aromatic N) is 3. The van der Waals surface area contributed by atoms with Crippen LogP contribution in [0, 0.1) is 0 Å². The molecule has 1 atom stereocenters. The lowest BCUT2D eigenvalue weighted by atomic mass is 10.0. The largest absolute Gasteiger partial charge is 0.395 e. The van der Waals surface area contributed by atoms with E-state index < -0.39 is 6.10 Å². The van der Waals surface area contributed by atoms with Crippen molar-refractivity contribution < 1.29 is 10.2 Å². The molecule has 0 radical (unpaired) electrons. The topological polar surface area (TPSA) is 93.5 Å². The molecule has 7 heteroatoms. The summed E-state index contributed by atoms with van der Waals surface area (Å²) < 4.78 is 0. The second-order valence-electron chi connectivity index (χ2n) is 8.33. The van der Waals surface area contributed by atoms with E-state index in [1.54, 1.807) is 6.20 Å². The molecule has 0 fully saturated rings. The van der Waals surface area contributed by atoms with Gasteiger partial charge in [-0.3, -0.25) is 0 Å². The highest BCUT2D eigenvalue weighted by atomic mass is 16.3. The number of aliphatic hydroxyl groups excluding tert-OH is 2. The highest BCUT2D eigenvalue weighted by Crippen LogP contribution is 2.31. The molecule has 3 rings (SSSR count). The molecule has 0 aromatic carbocycles. The number of aliphatic hydroxyl groups is 2. The number of hydrogen-bond donors (Lipinski definition) is 4. The number of pyridine rings is 2. The molecular formula is C22H31N5O2. The molecule has 0 spiro atoms. The van der Waals surface area contributed by atoms with Crippen LogP contribution in [0.1, 0.15) is 56.9 Å². The Kier molecular flexibility index (Phi) is 6.39. The second-order valence-corrected chi connectivity index (χ2v) is 8.33. The van der Waals surface area contributed by atoms with Crippen molar-refractivity contribution in [2.45, 2.75) is 52.3 Å². The Balaban J connectivity index is 1.94. The van der Waals surface area contributed by atoms with Crippen LogP contribution >= 0.6 is 0 Å². The van der Waals surface area contributed by atoms with Crippen molar-refractivity contribution in [1.82, 2.24) is 14.9 Å². The summed E-state index contributed by atoms with van der Waals surface area (Å²) in [6.07, 6.45) is 5.87. The van der Waals surface area contributed by atoms with E-state index in [0.717, 1.165) is 22.5 Å². The van der Waals surface area contributed by atoms with Gasteiger partial charge in [0, 0.05) is 36.6 Å². The van der Waals surface area contributed by atoms with Gasteiger partial charge in [-0.15, -0.1) is 0 Å². The average Bonchev–Trinajstić information content (AvgIpc) is 2.67. The van der Waals surface area contributed by atoms with Crippen LogP contribution < -0.4 is 10.6 Å². The molecule has 0 aliphatic carbocycles. The summed E-state index contributed by atoms with van der Waals surface area (Å²) in [4.78, 5) is 11.2. The molecular weight excluding hydrogens is 366 g/mol. The third-order valence-corrected chi connectivity index (χ3v) is 4.68. The molecule has 0 bridgehead atoms. The molecule has 1 aliphatic rings. The van der Waals surface area contributed by atoms with Gasteiger partial charge >= 0.3 is 0 Å². The van der Waals surface area contributed by atoms with E-state index in [2.05, 4.69) is 41.3 Å². The highest BCUT2D eigenvalue weighted by molar-refractivity contribution is 5.69. The fourth-order valence-corrected chi connectivity index (χ4v) is 3.24. The SMILES string of the molecule is CCC(O)c1ccnc(Nc2cc3c(c(NC(C)(C)C)n2)CN(CCO)C=C3)c1. The summed E-state index contributed by atoms with van der Waals surface area (Å²) in [5.74, 6) is 2.15. The predicted octanol–water partition coefficient (Wildman–Crippen LogP) is 3.65.